The molecule has 0 amide bonds. The fourth-order valence-corrected chi connectivity index (χ4v) is 2.44. The molecule has 0 aliphatic heterocycles. The molecule has 19 heavy (non-hydrogen) atoms. The number of benzene rings is 1. The first kappa shape index (κ1) is 13.5. The molecule has 0 aliphatic carbocycles. The van der Waals surface area contributed by atoms with Gasteiger partial charge in [0.25, 0.3) is 0 Å². The van der Waals surface area contributed by atoms with E-state index in [1.54, 1.807) is 12.3 Å². The summed E-state index contributed by atoms with van der Waals surface area (Å²) >= 11 is 1.43. The van der Waals surface area contributed by atoms with Gasteiger partial charge < -0.3 is 9.64 Å². The number of aromatic nitrogens is 1. The van der Waals surface area contributed by atoms with Gasteiger partial charge in [0.05, 0.1) is 6.61 Å². The van der Waals surface area contributed by atoms with Crippen LogP contribution >= 0.6 is 11.3 Å². The number of aryl methyl sites for hydroxylation is 1. The summed E-state index contributed by atoms with van der Waals surface area (Å²) in [5.41, 5.74) is 2.60. The summed E-state index contributed by atoms with van der Waals surface area (Å²) in [6, 6.07) is 8.13. The lowest BCUT2D eigenvalue weighted by molar-refractivity contribution is 0.0520. The van der Waals surface area contributed by atoms with Gasteiger partial charge in [0, 0.05) is 18.1 Å². The highest BCUT2D eigenvalue weighted by Gasteiger charge is 2.14. The standard InChI is InChI=1S/C14H16N2O2S/c1-4-18-13(17)12-9-19-14(15-12)16(3)11-7-5-6-10(2)8-11/h5-9H,4H2,1-3H3. The van der Waals surface area contributed by atoms with Crippen molar-refractivity contribution in [3.63, 3.8) is 0 Å². The molecular formula is C14H16N2O2S. The number of rotatable bonds is 4. The van der Waals surface area contributed by atoms with Gasteiger partial charge in [0.1, 0.15) is 0 Å². The number of hydrogen-bond acceptors (Lipinski definition) is 5. The van der Waals surface area contributed by atoms with Crippen molar-refractivity contribution in [1.29, 1.82) is 0 Å². The number of carbonyl (C=O) groups excluding carboxylic acids is 1. The molecule has 0 saturated carbocycles. The highest BCUT2D eigenvalue weighted by molar-refractivity contribution is 7.14. The molecule has 0 saturated heterocycles. The summed E-state index contributed by atoms with van der Waals surface area (Å²) in [4.78, 5) is 17.8. The zero-order chi connectivity index (χ0) is 13.8. The third kappa shape index (κ3) is 3.12. The summed E-state index contributed by atoms with van der Waals surface area (Å²) in [5, 5.41) is 2.49. The van der Waals surface area contributed by atoms with Gasteiger partial charge >= 0.3 is 5.97 Å². The lowest BCUT2D eigenvalue weighted by atomic mass is 10.2. The van der Waals surface area contributed by atoms with Crippen LogP contribution in [0.3, 0.4) is 0 Å². The van der Waals surface area contributed by atoms with E-state index in [0.29, 0.717) is 12.3 Å². The molecule has 2 aromatic rings. The van der Waals surface area contributed by atoms with Gasteiger partial charge in [0.15, 0.2) is 10.8 Å². The Morgan fingerprint density at radius 3 is 2.95 bits per heavy atom. The Bertz CT molecular complexity index is 580. The summed E-state index contributed by atoms with van der Waals surface area (Å²) in [7, 11) is 1.93. The first-order chi connectivity index (χ1) is 9.11. The van der Waals surface area contributed by atoms with Crippen LogP contribution in [0.25, 0.3) is 0 Å². The first-order valence-electron chi connectivity index (χ1n) is 6.05. The number of carbonyl (C=O) groups is 1. The van der Waals surface area contributed by atoms with Crippen LogP contribution in [0.1, 0.15) is 23.0 Å². The third-order valence-electron chi connectivity index (χ3n) is 2.65. The van der Waals surface area contributed by atoms with Crippen molar-refractivity contribution in [1.82, 2.24) is 4.98 Å². The first-order valence-corrected chi connectivity index (χ1v) is 6.93. The molecule has 0 atom stereocenters. The lowest BCUT2D eigenvalue weighted by Gasteiger charge is -2.16. The smallest absolute Gasteiger partial charge is 0.357 e. The molecule has 1 heterocycles. The number of nitrogens with zero attached hydrogens (tertiary/aromatic N) is 2. The zero-order valence-corrected chi connectivity index (χ0v) is 12.0. The molecule has 0 fully saturated rings. The Balaban J connectivity index is 2.20. The van der Waals surface area contributed by atoms with Gasteiger partial charge in [-0.15, -0.1) is 11.3 Å². The van der Waals surface area contributed by atoms with E-state index in [1.807, 2.05) is 37.1 Å². The highest BCUT2D eigenvalue weighted by atomic mass is 32.1. The predicted octanol–water partition coefficient (Wildman–Crippen LogP) is 3.40. The average molecular weight is 276 g/mol. The molecule has 1 aromatic carbocycles. The van der Waals surface area contributed by atoms with E-state index < -0.39 is 0 Å². The summed E-state index contributed by atoms with van der Waals surface area (Å²) in [6.07, 6.45) is 0. The Labute approximate surface area is 116 Å². The fourth-order valence-electron chi connectivity index (χ4n) is 1.66. The lowest BCUT2D eigenvalue weighted by Crippen LogP contribution is -2.10. The minimum absolute atomic E-state index is 0.361. The van der Waals surface area contributed by atoms with Crippen LogP contribution in [0.15, 0.2) is 29.6 Å². The third-order valence-corrected chi connectivity index (χ3v) is 3.57. The summed E-state index contributed by atoms with van der Waals surface area (Å²) in [6.45, 7) is 4.19. The van der Waals surface area contributed by atoms with Crippen LogP contribution in [0.2, 0.25) is 0 Å². The molecule has 4 nitrogen and oxygen atoms in total. The topological polar surface area (TPSA) is 42.4 Å². The van der Waals surface area contributed by atoms with Crippen LogP contribution in [0.5, 0.6) is 0 Å². The van der Waals surface area contributed by atoms with Gasteiger partial charge in [-0.1, -0.05) is 12.1 Å². The quantitative estimate of drug-likeness (QED) is 0.803. The van der Waals surface area contributed by atoms with Crippen LogP contribution < -0.4 is 4.90 Å². The molecular weight excluding hydrogens is 260 g/mol. The number of ether oxygens (including phenoxy) is 1. The number of esters is 1. The van der Waals surface area contributed by atoms with E-state index in [-0.39, 0.29) is 5.97 Å². The fraction of sp³-hybridized carbons (Fsp3) is 0.286. The minimum Gasteiger partial charge on any atom is -0.461 e. The maximum Gasteiger partial charge on any atom is 0.357 e. The molecule has 0 bridgehead atoms. The van der Waals surface area contributed by atoms with Crippen molar-refractivity contribution in [3.05, 3.63) is 40.9 Å². The summed E-state index contributed by atoms with van der Waals surface area (Å²) < 4.78 is 4.93. The second kappa shape index (κ2) is 5.84. The molecule has 1 aromatic heterocycles. The van der Waals surface area contributed by atoms with Crippen LogP contribution in [0.4, 0.5) is 10.8 Å². The Hall–Kier alpha value is -1.88. The second-order valence-corrected chi connectivity index (χ2v) is 4.97. The monoisotopic (exact) mass is 276 g/mol. The van der Waals surface area contributed by atoms with Gasteiger partial charge in [0.2, 0.25) is 0 Å². The van der Waals surface area contributed by atoms with Crippen molar-refractivity contribution >= 4 is 28.1 Å². The van der Waals surface area contributed by atoms with Crippen LogP contribution in [-0.2, 0) is 4.74 Å². The van der Waals surface area contributed by atoms with Crippen molar-refractivity contribution < 1.29 is 9.53 Å². The maximum atomic E-state index is 11.6. The molecule has 0 aliphatic rings. The Morgan fingerprint density at radius 2 is 2.26 bits per heavy atom. The van der Waals surface area contributed by atoms with Gasteiger partial charge in [-0.25, -0.2) is 9.78 Å². The normalized spacial score (nSPS) is 10.3. The van der Waals surface area contributed by atoms with Crippen molar-refractivity contribution in [3.8, 4) is 0 Å². The van der Waals surface area contributed by atoms with Crippen LogP contribution in [-0.4, -0.2) is 24.6 Å². The van der Waals surface area contributed by atoms with E-state index in [0.717, 1.165) is 10.8 Å². The van der Waals surface area contributed by atoms with Gasteiger partial charge in [-0.05, 0) is 31.5 Å². The van der Waals surface area contributed by atoms with Crippen molar-refractivity contribution in [2.75, 3.05) is 18.6 Å². The summed E-state index contributed by atoms with van der Waals surface area (Å²) in [5.74, 6) is -0.373. The Morgan fingerprint density at radius 1 is 1.47 bits per heavy atom. The van der Waals surface area contributed by atoms with E-state index in [1.165, 1.54) is 16.9 Å². The zero-order valence-electron chi connectivity index (χ0n) is 11.2. The second-order valence-electron chi connectivity index (χ2n) is 4.13. The molecule has 0 spiro atoms. The van der Waals surface area contributed by atoms with Gasteiger partial charge in [-0.2, -0.15) is 0 Å². The number of anilines is 2. The molecule has 5 heteroatoms. The predicted molar refractivity (Wildman–Crippen MR) is 77.3 cm³/mol. The molecule has 0 unspecified atom stereocenters. The number of thiazole rings is 1. The average Bonchev–Trinajstić information content (AvgIpc) is 2.88. The van der Waals surface area contributed by atoms with E-state index >= 15 is 0 Å². The molecule has 0 radical (unpaired) electrons. The SMILES string of the molecule is CCOC(=O)c1csc(N(C)c2cccc(C)c2)n1. The maximum absolute atomic E-state index is 11.6. The molecule has 2 rings (SSSR count). The largest absolute Gasteiger partial charge is 0.461 e. The highest BCUT2D eigenvalue weighted by Crippen LogP contribution is 2.27. The van der Waals surface area contributed by atoms with Crippen LogP contribution in [0, 0.1) is 6.92 Å². The van der Waals surface area contributed by atoms with Crippen molar-refractivity contribution in [2.24, 2.45) is 0 Å². The van der Waals surface area contributed by atoms with E-state index in [9.17, 15) is 4.79 Å². The number of hydrogen-bond donors (Lipinski definition) is 0. The van der Waals surface area contributed by atoms with E-state index in [2.05, 4.69) is 11.1 Å². The Kier molecular flexibility index (Phi) is 4.16. The van der Waals surface area contributed by atoms with E-state index in [4.69, 9.17) is 4.74 Å². The molecule has 100 valence electrons. The minimum atomic E-state index is -0.373. The van der Waals surface area contributed by atoms with Gasteiger partial charge in [-0.3, -0.25) is 0 Å². The molecule has 0 N–H and O–H groups in total. The van der Waals surface area contributed by atoms with Crippen molar-refractivity contribution in [2.45, 2.75) is 13.8 Å².